The molecule has 1 aliphatic rings. The number of rotatable bonds is 2. The molecule has 0 atom stereocenters. The highest BCUT2D eigenvalue weighted by molar-refractivity contribution is 6.21. The Morgan fingerprint density at radius 1 is 1.00 bits per heavy atom. The molecule has 2 heterocycles. The van der Waals surface area contributed by atoms with Gasteiger partial charge < -0.3 is 4.84 Å². The Hall–Kier alpha value is -3.02. The van der Waals surface area contributed by atoms with E-state index in [-0.39, 0.29) is 16.8 Å². The number of fused-ring (bicyclic) bond motifs is 1. The van der Waals surface area contributed by atoms with E-state index >= 15 is 0 Å². The van der Waals surface area contributed by atoms with E-state index in [0.29, 0.717) is 16.3 Å². The Labute approximate surface area is 126 Å². The molecule has 0 fully saturated rings. The molecule has 0 aliphatic carbocycles. The third-order valence-corrected chi connectivity index (χ3v) is 3.36. The van der Waals surface area contributed by atoms with Crippen molar-refractivity contribution >= 4 is 17.8 Å². The highest BCUT2D eigenvalue weighted by Crippen LogP contribution is 2.23. The topological polar surface area (TPSA) is 76.6 Å². The van der Waals surface area contributed by atoms with Crippen molar-refractivity contribution in [3.63, 3.8) is 0 Å². The monoisotopic (exact) mass is 296 g/mol. The van der Waals surface area contributed by atoms with Gasteiger partial charge in [0.05, 0.1) is 11.1 Å². The van der Waals surface area contributed by atoms with Crippen molar-refractivity contribution in [1.29, 1.82) is 0 Å². The molecular weight excluding hydrogens is 284 g/mol. The van der Waals surface area contributed by atoms with Gasteiger partial charge in [-0.05, 0) is 37.6 Å². The molecule has 2 amide bonds. The number of aryl methyl sites for hydroxylation is 2. The summed E-state index contributed by atoms with van der Waals surface area (Å²) in [5.74, 6) is -2.14. The largest absolute Gasteiger partial charge is 0.382 e. The van der Waals surface area contributed by atoms with E-state index in [9.17, 15) is 14.4 Å². The second-order valence-corrected chi connectivity index (χ2v) is 4.95. The Balaban J connectivity index is 1.89. The third-order valence-electron chi connectivity index (χ3n) is 3.36. The summed E-state index contributed by atoms with van der Waals surface area (Å²) < 4.78 is 0. The molecule has 1 aromatic carbocycles. The van der Waals surface area contributed by atoms with Crippen molar-refractivity contribution in [1.82, 2.24) is 10.0 Å². The molecule has 0 bridgehead atoms. The van der Waals surface area contributed by atoms with Crippen LogP contribution in [-0.2, 0) is 4.84 Å². The van der Waals surface area contributed by atoms with E-state index < -0.39 is 17.8 Å². The third kappa shape index (κ3) is 2.14. The zero-order chi connectivity index (χ0) is 15.9. The summed E-state index contributed by atoms with van der Waals surface area (Å²) in [7, 11) is 0. The standard InChI is InChI=1S/C16H12N2O4/c1-9-7-8-10(2)17-13(9)16(21)22-18-14(19)11-5-3-4-6-12(11)15(18)20/h3-8H,1-2H3. The lowest BCUT2D eigenvalue weighted by atomic mass is 10.1. The predicted octanol–water partition coefficient (Wildman–Crippen LogP) is 2.07. The summed E-state index contributed by atoms with van der Waals surface area (Å²) in [5, 5.41) is 0.483. The zero-order valence-corrected chi connectivity index (χ0v) is 12.0. The summed E-state index contributed by atoms with van der Waals surface area (Å²) in [5.41, 5.74) is 1.76. The number of amides is 2. The van der Waals surface area contributed by atoms with Crippen LogP contribution in [0.2, 0.25) is 0 Å². The summed E-state index contributed by atoms with van der Waals surface area (Å²) in [6.07, 6.45) is 0. The fraction of sp³-hybridized carbons (Fsp3) is 0.125. The van der Waals surface area contributed by atoms with Gasteiger partial charge in [-0.1, -0.05) is 23.3 Å². The van der Waals surface area contributed by atoms with E-state index in [1.165, 1.54) is 12.1 Å². The molecule has 2 aromatic rings. The van der Waals surface area contributed by atoms with Crippen LogP contribution in [0.5, 0.6) is 0 Å². The first kappa shape index (κ1) is 13.9. The maximum absolute atomic E-state index is 12.2. The Bertz CT molecular complexity index is 779. The number of imide groups is 1. The number of nitrogens with zero attached hydrogens (tertiary/aromatic N) is 2. The molecule has 0 saturated heterocycles. The van der Waals surface area contributed by atoms with Gasteiger partial charge in [-0.2, -0.15) is 0 Å². The highest BCUT2D eigenvalue weighted by Gasteiger charge is 2.39. The first-order chi connectivity index (χ1) is 10.5. The summed E-state index contributed by atoms with van der Waals surface area (Å²) in [6.45, 7) is 3.43. The van der Waals surface area contributed by atoms with Crippen molar-refractivity contribution in [2.45, 2.75) is 13.8 Å². The molecular formula is C16H12N2O4. The first-order valence-corrected chi connectivity index (χ1v) is 6.63. The second kappa shape index (κ2) is 5.07. The van der Waals surface area contributed by atoms with E-state index in [0.717, 1.165) is 0 Å². The molecule has 6 heteroatoms. The number of carbonyl (C=O) groups is 3. The minimum atomic E-state index is -0.837. The predicted molar refractivity (Wildman–Crippen MR) is 76.1 cm³/mol. The van der Waals surface area contributed by atoms with Crippen LogP contribution >= 0.6 is 0 Å². The zero-order valence-electron chi connectivity index (χ0n) is 12.0. The molecule has 3 rings (SSSR count). The van der Waals surface area contributed by atoms with Crippen molar-refractivity contribution in [3.05, 3.63) is 64.5 Å². The van der Waals surface area contributed by atoms with Gasteiger partial charge in [0.2, 0.25) is 0 Å². The molecule has 1 aromatic heterocycles. The van der Waals surface area contributed by atoms with Gasteiger partial charge in [0, 0.05) is 5.69 Å². The van der Waals surface area contributed by atoms with Crippen LogP contribution in [0.25, 0.3) is 0 Å². The molecule has 0 unspecified atom stereocenters. The Kier molecular flexibility index (Phi) is 3.21. The molecule has 110 valence electrons. The number of benzene rings is 1. The van der Waals surface area contributed by atoms with Gasteiger partial charge in [-0.15, -0.1) is 0 Å². The molecule has 0 saturated carbocycles. The second-order valence-electron chi connectivity index (χ2n) is 4.95. The SMILES string of the molecule is Cc1ccc(C)c(C(=O)ON2C(=O)c3ccccc3C2=O)n1. The minimum absolute atomic E-state index is 0.0801. The van der Waals surface area contributed by atoms with Gasteiger partial charge in [-0.3, -0.25) is 9.59 Å². The lowest BCUT2D eigenvalue weighted by molar-refractivity contribution is -0.0589. The lowest BCUT2D eigenvalue weighted by Crippen LogP contribution is -2.33. The van der Waals surface area contributed by atoms with E-state index in [1.54, 1.807) is 38.1 Å². The maximum atomic E-state index is 12.2. The molecule has 1 aliphatic heterocycles. The van der Waals surface area contributed by atoms with Gasteiger partial charge in [0.1, 0.15) is 0 Å². The number of hydrogen-bond donors (Lipinski definition) is 0. The van der Waals surface area contributed by atoms with E-state index in [2.05, 4.69) is 4.98 Å². The summed E-state index contributed by atoms with van der Waals surface area (Å²) >= 11 is 0. The lowest BCUT2D eigenvalue weighted by Gasteiger charge is -2.13. The Morgan fingerprint density at radius 2 is 1.59 bits per heavy atom. The fourth-order valence-corrected chi connectivity index (χ4v) is 2.21. The van der Waals surface area contributed by atoms with Crippen LogP contribution in [0.4, 0.5) is 0 Å². The van der Waals surface area contributed by atoms with Crippen molar-refractivity contribution in [3.8, 4) is 0 Å². The molecule has 0 spiro atoms. The minimum Gasteiger partial charge on any atom is -0.322 e. The van der Waals surface area contributed by atoms with Crippen LogP contribution in [0.1, 0.15) is 42.5 Å². The van der Waals surface area contributed by atoms with Crippen molar-refractivity contribution in [2.24, 2.45) is 0 Å². The normalized spacial score (nSPS) is 13.3. The van der Waals surface area contributed by atoms with E-state index in [4.69, 9.17) is 4.84 Å². The van der Waals surface area contributed by atoms with Gasteiger partial charge in [-0.25, -0.2) is 9.78 Å². The molecule has 0 radical (unpaired) electrons. The Morgan fingerprint density at radius 3 is 2.18 bits per heavy atom. The molecule has 6 nitrogen and oxygen atoms in total. The van der Waals surface area contributed by atoms with Crippen molar-refractivity contribution < 1.29 is 19.2 Å². The quantitative estimate of drug-likeness (QED) is 0.793. The van der Waals surface area contributed by atoms with Gasteiger partial charge >= 0.3 is 5.97 Å². The maximum Gasteiger partial charge on any atom is 0.382 e. The van der Waals surface area contributed by atoms with Crippen LogP contribution in [-0.4, -0.2) is 27.8 Å². The smallest absolute Gasteiger partial charge is 0.322 e. The van der Waals surface area contributed by atoms with Crippen LogP contribution in [0.15, 0.2) is 36.4 Å². The number of hydrogen-bond acceptors (Lipinski definition) is 5. The summed E-state index contributed by atoms with van der Waals surface area (Å²) in [4.78, 5) is 45.5. The van der Waals surface area contributed by atoms with Crippen LogP contribution in [0, 0.1) is 13.8 Å². The summed E-state index contributed by atoms with van der Waals surface area (Å²) in [6, 6.07) is 9.79. The van der Waals surface area contributed by atoms with Crippen molar-refractivity contribution in [2.75, 3.05) is 0 Å². The fourth-order valence-electron chi connectivity index (χ4n) is 2.21. The highest BCUT2D eigenvalue weighted by atomic mass is 16.7. The van der Waals surface area contributed by atoms with Crippen LogP contribution < -0.4 is 0 Å². The number of hydroxylamine groups is 2. The average molecular weight is 296 g/mol. The molecule has 22 heavy (non-hydrogen) atoms. The number of pyridine rings is 1. The van der Waals surface area contributed by atoms with Gasteiger partial charge in [0.25, 0.3) is 11.8 Å². The van der Waals surface area contributed by atoms with E-state index in [1.807, 2.05) is 0 Å². The number of carbonyl (C=O) groups excluding carboxylic acids is 3. The molecule has 0 N–H and O–H groups in total. The first-order valence-electron chi connectivity index (χ1n) is 6.63. The number of aromatic nitrogens is 1. The average Bonchev–Trinajstić information content (AvgIpc) is 2.75. The van der Waals surface area contributed by atoms with Crippen LogP contribution in [0.3, 0.4) is 0 Å². The van der Waals surface area contributed by atoms with Gasteiger partial charge in [0.15, 0.2) is 5.69 Å².